The molecule has 1 fully saturated rings. The summed E-state index contributed by atoms with van der Waals surface area (Å²) in [5, 5.41) is 10.0. The molecule has 0 aliphatic carbocycles. The fourth-order valence-corrected chi connectivity index (χ4v) is 3.20. The number of likely N-dealkylation sites (tertiary alicyclic amines) is 1. The largest absolute Gasteiger partial charge is 0.473 e. The van der Waals surface area contributed by atoms with Crippen LogP contribution in [0.1, 0.15) is 23.2 Å². The predicted molar refractivity (Wildman–Crippen MR) is 95.5 cm³/mol. The first kappa shape index (κ1) is 15.6. The minimum Gasteiger partial charge on any atom is -0.473 e. The molecule has 2 aromatic carbocycles. The average Bonchev–Trinajstić information content (AvgIpc) is 2.68. The first-order valence-electron chi connectivity index (χ1n) is 8.52. The lowest BCUT2D eigenvalue weighted by atomic mass is 10.0. The lowest BCUT2D eigenvalue weighted by Gasteiger charge is -2.32. The van der Waals surface area contributed by atoms with Gasteiger partial charge in [0.15, 0.2) is 0 Å². The zero-order valence-corrected chi connectivity index (χ0v) is 13.8. The molecule has 0 radical (unpaired) electrons. The van der Waals surface area contributed by atoms with Crippen molar-refractivity contribution in [1.82, 2.24) is 15.1 Å². The van der Waals surface area contributed by atoms with Crippen LogP contribution in [-0.4, -0.2) is 40.2 Å². The molecular weight excluding hydrogens is 314 g/mol. The molecule has 4 rings (SSSR count). The number of rotatable bonds is 3. The maximum atomic E-state index is 12.8. The zero-order valence-electron chi connectivity index (χ0n) is 13.8. The van der Waals surface area contributed by atoms with Crippen molar-refractivity contribution < 1.29 is 9.53 Å². The third-order valence-electron chi connectivity index (χ3n) is 4.56. The number of benzene rings is 2. The molecule has 0 spiro atoms. The quantitative estimate of drug-likeness (QED) is 0.738. The van der Waals surface area contributed by atoms with Gasteiger partial charge in [-0.1, -0.05) is 30.3 Å². The molecule has 0 atom stereocenters. The molecule has 126 valence electrons. The molecule has 1 aromatic heterocycles. The lowest BCUT2D eigenvalue weighted by Crippen LogP contribution is -2.41. The summed E-state index contributed by atoms with van der Waals surface area (Å²) in [5.74, 6) is 0.630. The van der Waals surface area contributed by atoms with Crippen LogP contribution in [0.4, 0.5) is 0 Å². The number of fused-ring (bicyclic) bond motifs is 1. The van der Waals surface area contributed by atoms with E-state index < -0.39 is 0 Å². The van der Waals surface area contributed by atoms with Crippen molar-refractivity contribution in [1.29, 1.82) is 0 Å². The van der Waals surface area contributed by atoms with Gasteiger partial charge in [0.05, 0.1) is 0 Å². The molecule has 1 saturated heterocycles. The summed E-state index contributed by atoms with van der Waals surface area (Å²) in [6.45, 7) is 1.38. The minimum absolute atomic E-state index is 0.0809. The van der Waals surface area contributed by atoms with E-state index in [1.807, 2.05) is 41.3 Å². The summed E-state index contributed by atoms with van der Waals surface area (Å²) in [5.41, 5.74) is 0.743. The van der Waals surface area contributed by atoms with Crippen LogP contribution in [0.15, 0.2) is 60.8 Å². The SMILES string of the molecule is O=C(c1ccc2ccccc2c1)N1CCC(Oc2cccnn2)CC1. The molecular formula is C20H19N3O2. The van der Waals surface area contributed by atoms with Gasteiger partial charge < -0.3 is 9.64 Å². The standard InChI is InChI=1S/C20H19N3O2/c24-20(17-8-7-15-4-1-2-5-16(15)14-17)23-12-9-18(10-13-23)25-19-6-3-11-21-22-19/h1-8,11,14,18H,9-10,12-13H2. The number of hydrogen-bond donors (Lipinski definition) is 0. The monoisotopic (exact) mass is 333 g/mol. The van der Waals surface area contributed by atoms with Crippen LogP contribution < -0.4 is 4.74 Å². The first-order valence-corrected chi connectivity index (χ1v) is 8.52. The van der Waals surface area contributed by atoms with Crippen molar-refractivity contribution in [2.24, 2.45) is 0 Å². The van der Waals surface area contributed by atoms with Gasteiger partial charge in [-0.2, -0.15) is 5.10 Å². The van der Waals surface area contributed by atoms with Gasteiger partial charge in [-0.25, -0.2) is 0 Å². The van der Waals surface area contributed by atoms with Crippen LogP contribution in [0.25, 0.3) is 10.8 Å². The van der Waals surface area contributed by atoms with Crippen molar-refractivity contribution >= 4 is 16.7 Å². The van der Waals surface area contributed by atoms with Crippen LogP contribution in [0, 0.1) is 0 Å². The number of ether oxygens (including phenoxy) is 1. The van der Waals surface area contributed by atoms with E-state index in [2.05, 4.69) is 16.3 Å². The molecule has 0 bridgehead atoms. The third-order valence-corrected chi connectivity index (χ3v) is 4.56. The van der Waals surface area contributed by atoms with E-state index in [-0.39, 0.29) is 12.0 Å². The molecule has 1 amide bonds. The Labute approximate surface area is 146 Å². The first-order chi connectivity index (χ1) is 12.3. The van der Waals surface area contributed by atoms with Crippen molar-refractivity contribution in [3.8, 4) is 5.88 Å². The van der Waals surface area contributed by atoms with E-state index >= 15 is 0 Å². The fourth-order valence-electron chi connectivity index (χ4n) is 3.20. The number of aromatic nitrogens is 2. The zero-order chi connectivity index (χ0) is 17.1. The van der Waals surface area contributed by atoms with Gasteiger partial charge >= 0.3 is 0 Å². The van der Waals surface area contributed by atoms with E-state index in [4.69, 9.17) is 4.74 Å². The Morgan fingerprint density at radius 1 is 1.00 bits per heavy atom. The second-order valence-corrected chi connectivity index (χ2v) is 6.23. The Balaban J connectivity index is 1.40. The number of carbonyl (C=O) groups is 1. The van der Waals surface area contributed by atoms with Gasteiger partial charge in [0, 0.05) is 43.8 Å². The number of hydrogen-bond acceptors (Lipinski definition) is 4. The Morgan fingerprint density at radius 2 is 1.80 bits per heavy atom. The highest BCUT2D eigenvalue weighted by Gasteiger charge is 2.25. The minimum atomic E-state index is 0.0809. The summed E-state index contributed by atoms with van der Waals surface area (Å²) in [6.07, 6.45) is 3.31. The smallest absolute Gasteiger partial charge is 0.253 e. The second-order valence-electron chi connectivity index (χ2n) is 6.23. The number of carbonyl (C=O) groups excluding carboxylic acids is 1. The Hall–Kier alpha value is -2.95. The summed E-state index contributed by atoms with van der Waals surface area (Å²) >= 11 is 0. The molecule has 5 heteroatoms. The van der Waals surface area contributed by atoms with Crippen molar-refractivity contribution in [2.45, 2.75) is 18.9 Å². The van der Waals surface area contributed by atoms with Crippen LogP contribution in [-0.2, 0) is 0 Å². The number of amides is 1. The van der Waals surface area contributed by atoms with Crippen molar-refractivity contribution in [2.75, 3.05) is 13.1 Å². The lowest BCUT2D eigenvalue weighted by molar-refractivity contribution is 0.0586. The molecule has 0 N–H and O–H groups in total. The summed E-state index contributed by atoms with van der Waals surface area (Å²) in [7, 11) is 0. The number of piperidine rings is 1. The highest BCUT2D eigenvalue weighted by molar-refractivity contribution is 5.98. The van der Waals surface area contributed by atoms with Gasteiger partial charge in [-0.05, 0) is 29.0 Å². The highest BCUT2D eigenvalue weighted by atomic mass is 16.5. The molecule has 1 aliphatic rings. The number of nitrogens with zero attached hydrogens (tertiary/aromatic N) is 3. The van der Waals surface area contributed by atoms with E-state index in [0.717, 1.165) is 29.2 Å². The van der Waals surface area contributed by atoms with Crippen molar-refractivity contribution in [3.63, 3.8) is 0 Å². The van der Waals surface area contributed by atoms with Gasteiger partial charge in [0.25, 0.3) is 5.91 Å². The Bertz CT molecular complexity index is 874. The third kappa shape index (κ3) is 3.45. The van der Waals surface area contributed by atoms with Gasteiger partial charge in [-0.3, -0.25) is 4.79 Å². The molecule has 25 heavy (non-hydrogen) atoms. The Morgan fingerprint density at radius 3 is 2.56 bits per heavy atom. The van der Waals surface area contributed by atoms with Crippen LogP contribution in [0.3, 0.4) is 0 Å². The van der Waals surface area contributed by atoms with Crippen LogP contribution >= 0.6 is 0 Å². The maximum absolute atomic E-state index is 12.8. The molecule has 2 heterocycles. The molecule has 5 nitrogen and oxygen atoms in total. The van der Waals surface area contributed by atoms with E-state index in [1.54, 1.807) is 18.3 Å². The fraction of sp³-hybridized carbons (Fsp3) is 0.250. The molecule has 3 aromatic rings. The predicted octanol–water partition coefficient (Wildman–Crippen LogP) is 3.31. The molecule has 1 aliphatic heterocycles. The topological polar surface area (TPSA) is 55.3 Å². The van der Waals surface area contributed by atoms with Gasteiger partial charge in [-0.15, -0.1) is 5.10 Å². The maximum Gasteiger partial charge on any atom is 0.253 e. The average molecular weight is 333 g/mol. The summed E-state index contributed by atoms with van der Waals surface area (Å²) < 4.78 is 5.84. The highest BCUT2D eigenvalue weighted by Crippen LogP contribution is 2.20. The molecule has 0 unspecified atom stereocenters. The normalized spacial score (nSPS) is 15.3. The van der Waals surface area contributed by atoms with Crippen LogP contribution in [0.5, 0.6) is 5.88 Å². The van der Waals surface area contributed by atoms with Gasteiger partial charge in [0.2, 0.25) is 5.88 Å². The molecule has 0 saturated carbocycles. The summed E-state index contributed by atoms with van der Waals surface area (Å²) in [6, 6.07) is 17.6. The van der Waals surface area contributed by atoms with Crippen molar-refractivity contribution in [3.05, 3.63) is 66.4 Å². The van der Waals surface area contributed by atoms with E-state index in [1.165, 1.54) is 0 Å². The van der Waals surface area contributed by atoms with E-state index in [9.17, 15) is 4.79 Å². The second kappa shape index (κ2) is 6.89. The Kier molecular flexibility index (Phi) is 4.29. The van der Waals surface area contributed by atoms with E-state index in [0.29, 0.717) is 19.0 Å². The van der Waals surface area contributed by atoms with Crippen LogP contribution in [0.2, 0.25) is 0 Å². The van der Waals surface area contributed by atoms with Gasteiger partial charge in [0.1, 0.15) is 6.10 Å². The summed E-state index contributed by atoms with van der Waals surface area (Å²) in [4.78, 5) is 14.7.